The van der Waals surface area contributed by atoms with Crippen LogP contribution in [-0.2, 0) is 0 Å². The zero-order valence-corrected chi connectivity index (χ0v) is 10.3. The Morgan fingerprint density at radius 3 is 2.47 bits per heavy atom. The third kappa shape index (κ3) is 4.98. The highest BCUT2D eigenvalue weighted by atomic mass is 16.2. The Kier molecular flexibility index (Phi) is 6.26. The van der Waals surface area contributed by atoms with E-state index in [0.29, 0.717) is 18.7 Å². The van der Waals surface area contributed by atoms with Crippen LogP contribution in [-0.4, -0.2) is 23.8 Å². The Hall–Kier alpha value is -0.0800. The number of hydrogen-bond donors (Lipinski definition) is 2. The van der Waals surface area contributed by atoms with Gasteiger partial charge >= 0.3 is 0 Å². The second-order valence-electron chi connectivity index (χ2n) is 5.12. The largest absolute Gasteiger partial charge is 0.396 e. The Morgan fingerprint density at radius 1 is 1.20 bits per heavy atom. The van der Waals surface area contributed by atoms with Gasteiger partial charge in [0.05, 0.1) is 0 Å². The van der Waals surface area contributed by atoms with Gasteiger partial charge in [-0.05, 0) is 45.4 Å². The molecule has 1 saturated carbocycles. The molecule has 1 aliphatic carbocycles. The third-order valence-corrected chi connectivity index (χ3v) is 3.70. The molecule has 0 unspecified atom stereocenters. The van der Waals surface area contributed by atoms with Gasteiger partial charge in [0.15, 0.2) is 0 Å². The second-order valence-corrected chi connectivity index (χ2v) is 5.12. The highest BCUT2D eigenvalue weighted by Crippen LogP contribution is 2.26. The highest BCUT2D eigenvalue weighted by Gasteiger charge is 2.20. The molecule has 0 heterocycles. The van der Waals surface area contributed by atoms with Crippen LogP contribution >= 0.6 is 0 Å². The molecular weight excluding hydrogens is 186 g/mol. The van der Waals surface area contributed by atoms with Crippen LogP contribution in [0.1, 0.15) is 58.8 Å². The van der Waals surface area contributed by atoms with E-state index >= 15 is 0 Å². The van der Waals surface area contributed by atoms with Crippen molar-refractivity contribution >= 4 is 0 Å². The van der Waals surface area contributed by atoms with Gasteiger partial charge in [0.25, 0.3) is 0 Å². The van der Waals surface area contributed by atoms with Gasteiger partial charge in [-0.2, -0.15) is 0 Å². The van der Waals surface area contributed by atoms with Crippen molar-refractivity contribution in [1.29, 1.82) is 0 Å². The first-order valence-corrected chi connectivity index (χ1v) is 6.61. The quantitative estimate of drug-likeness (QED) is 0.711. The molecule has 2 heteroatoms. The lowest BCUT2D eigenvalue weighted by molar-refractivity contribution is 0.247. The van der Waals surface area contributed by atoms with Crippen molar-refractivity contribution in [2.24, 2.45) is 5.92 Å². The molecule has 1 rings (SSSR count). The van der Waals surface area contributed by atoms with Crippen LogP contribution in [0.4, 0.5) is 0 Å². The van der Waals surface area contributed by atoms with E-state index in [0.717, 1.165) is 18.8 Å². The molecule has 15 heavy (non-hydrogen) atoms. The Bertz CT molecular complexity index is 155. The van der Waals surface area contributed by atoms with E-state index in [2.05, 4.69) is 19.2 Å². The molecular formula is C13H27NO. The van der Waals surface area contributed by atoms with Gasteiger partial charge in [0.1, 0.15) is 0 Å². The zero-order chi connectivity index (χ0) is 11.1. The molecule has 0 aromatic rings. The van der Waals surface area contributed by atoms with Crippen molar-refractivity contribution in [2.75, 3.05) is 6.61 Å². The lowest BCUT2D eigenvalue weighted by atomic mass is 9.84. The maximum absolute atomic E-state index is 8.77. The van der Waals surface area contributed by atoms with Crippen molar-refractivity contribution in [3.8, 4) is 0 Å². The van der Waals surface area contributed by atoms with E-state index in [-0.39, 0.29) is 0 Å². The fourth-order valence-electron chi connectivity index (χ4n) is 2.70. The fraction of sp³-hybridized carbons (Fsp3) is 1.00. The van der Waals surface area contributed by atoms with Gasteiger partial charge in [-0.1, -0.05) is 19.3 Å². The van der Waals surface area contributed by atoms with Gasteiger partial charge in [-0.25, -0.2) is 0 Å². The smallest absolute Gasteiger partial charge is 0.0431 e. The normalized spacial score (nSPS) is 22.6. The number of nitrogens with one attached hydrogen (secondary N) is 1. The van der Waals surface area contributed by atoms with E-state index in [1.54, 1.807) is 0 Å². The minimum atomic E-state index is 0.323. The highest BCUT2D eigenvalue weighted by molar-refractivity contribution is 4.78. The summed E-state index contributed by atoms with van der Waals surface area (Å²) in [6.07, 6.45) is 9.09. The summed E-state index contributed by atoms with van der Waals surface area (Å²) in [5.41, 5.74) is 0. The summed E-state index contributed by atoms with van der Waals surface area (Å²) in [4.78, 5) is 0. The predicted octanol–water partition coefficient (Wildman–Crippen LogP) is 2.71. The summed E-state index contributed by atoms with van der Waals surface area (Å²) in [5.74, 6) is 0.885. The molecule has 2 N–H and O–H groups in total. The van der Waals surface area contributed by atoms with E-state index in [9.17, 15) is 0 Å². The van der Waals surface area contributed by atoms with Crippen LogP contribution < -0.4 is 5.32 Å². The Labute approximate surface area is 94.5 Å². The fourth-order valence-corrected chi connectivity index (χ4v) is 2.70. The average Bonchev–Trinajstić information content (AvgIpc) is 2.27. The maximum Gasteiger partial charge on any atom is 0.0431 e. The average molecular weight is 213 g/mol. The summed E-state index contributed by atoms with van der Waals surface area (Å²) in [5, 5.41) is 12.4. The molecule has 0 amide bonds. The summed E-state index contributed by atoms with van der Waals surface area (Å²) in [6, 6.07) is 1.20. The molecule has 0 aliphatic heterocycles. The van der Waals surface area contributed by atoms with Crippen LogP contribution in [0, 0.1) is 5.92 Å². The number of aliphatic hydroxyl groups excluding tert-OH is 1. The SMILES string of the molecule is C[C@H](CCCO)N[C@@H](C)C1CCCCC1. The molecule has 0 aromatic heterocycles. The summed E-state index contributed by atoms with van der Waals surface area (Å²) in [6.45, 7) is 4.88. The molecule has 2 atom stereocenters. The first kappa shape index (κ1) is 13.0. The number of aliphatic hydroxyl groups is 1. The van der Waals surface area contributed by atoms with Gasteiger partial charge in [-0.15, -0.1) is 0 Å². The van der Waals surface area contributed by atoms with Gasteiger partial charge in [0, 0.05) is 18.7 Å². The lowest BCUT2D eigenvalue weighted by Gasteiger charge is -2.30. The van der Waals surface area contributed by atoms with Crippen molar-refractivity contribution in [3.05, 3.63) is 0 Å². The first-order chi connectivity index (χ1) is 7.24. The Morgan fingerprint density at radius 2 is 1.87 bits per heavy atom. The second kappa shape index (κ2) is 7.24. The van der Waals surface area contributed by atoms with Crippen molar-refractivity contribution in [1.82, 2.24) is 5.32 Å². The lowest BCUT2D eigenvalue weighted by Crippen LogP contribution is -2.40. The van der Waals surface area contributed by atoms with Crippen molar-refractivity contribution in [3.63, 3.8) is 0 Å². The van der Waals surface area contributed by atoms with Gasteiger partial charge in [-0.3, -0.25) is 0 Å². The zero-order valence-electron chi connectivity index (χ0n) is 10.3. The standard InChI is InChI=1S/C13H27NO/c1-11(7-6-10-15)14-12(2)13-8-4-3-5-9-13/h11-15H,3-10H2,1-2H3/t11-,12+/m1/s1. The van der Waals surface area contributed by atoms with Crippen LogP contribution in [0.3, 0.4) is 0 Å². The van der Waals surface area contributed by atoms with Crippen LogP contribution in [0.15, 0.2) is 0 Å². The minimum Gasteiger partial charge on any atom is -0.396 e. The Balaban J connectivity index is 2.17. The van der Waals surface area contributed by atoms with Crippen molar-refractivity contribution in [2.45, 2.75) is 70.9 Å². The van der Waals surface area contributed by atoms with E-state index in [4.69, 9.17) is 5.11 Å². The van der Waals surface area contributed by atoms with Crippen LogP contribution in [0.25, 0.3) is 0 Å². The predicted molar refractivity (Wildman–Crippen MR) is 65.0 cm³/mol. The third-order valence-electron chi connectivity index (χ3n) is 3.70. The molecule has 0 spiro atoms. The van der Waals surface area contributed by atoms with Gasteiger partial charge < -0.3 is 10.4 Å². The maximum atomic E-state index is 8.77. The molecule has 1 fully saturated rings. The molecule has 0 radical (unpaired) electrons. The summed E-state index contributed by atoms with van der Waals surface area (Å²) >= 11 is 0. The van der Waals surface area contributed by atoms with Crippen molar-refractivity contribution < 1.29 is 5.11 Å². The molecule has 0 saturated heterocycles. The molecule has 90 valence electrons. The topological polar surface area (TPSA) is 32.3 Å². The summed E-state index contributed by atoms with van der Waals surface area (Å²) < 4.78 is 0. The van der Waals surface area contributed by atoms with Crippen LogP contribution in [0.5, 0.6) is 0 Å². The summed E-state index contributed by atoms with van der Waals surface area (Å²) in [7, 11) is 0. The molecule has 1 aliphatic rings. The number of hydrogen-bond acceptors (Lipinski definition) is 2. The van der Waals surface area contributed by atoms with E-state index in [1.807, 2.05) is 0 Å². The number of rotatable bonds is 6. The van der Waals surface area contributed by atoms with E-state index < -0.39 is 0 Å². The van der Waals surface area contributed by atoms with Gasteiger partial charge in [0.2, 0.25) is 0 Å². The monoisotopic (exact) mass is 213 g/mol. The molecule has 2 nitrogen and oxygen atoms in total. The van der Waals surface area contributed by atoms with Crippen LogP contribution in [0.2, 0.25) is 0 Å². The first-order valence-electron chi connectivity index (χ1n) is 6.61. The molecule has 0 bridgehead atoms. The minimum absolute atomic E-state index is 0.323. The molecule has 0 aromatic carbocycles. The van der Waals surface area contributed by atoms with E-state index in [1.165, 1.54) is 32.1 Å².